The minimum Gasteiger partial charge on any atom is -0.480 e. The van der Waals surface area contributed by atoms with Gasteiger partial charge in [0.05, 0.1) is 0 Å². The van der Waals surface area contributed by atoms with Crippen LogP contribution in [0.25, 0.3) is 0 Å². The van der Waals surface area contributed by atoms with Gasteiger partial charge >= 0.3 is 17.9 Å². The summed E-state index contributed by atoms with van der Waals surface area (Å²) in [5.41, 5.74) is 5.36. The number of carbonyl (C=O) groups excluding carboxylic acids is 2. The molecular formula is C13H15NO6. The van der Waals surface area contributed by atoms with Gasteiger partial charge in [-0.25, -0.2) is 4.79 Å². The second kappa shape index (κ2) is 6.67. The lowest BCUT2D eigenvalue weighted by molar-refractivity contribution is -0.141. The fraction of sp³-hybridized carbons (Fsp3) is 0.308. The van der Waals surface area contributed by atoms with Crippen molar-refractivity contribution < 1.29 is 29.0 Å². The average molecular weight is 281 g/mol. The summed E-state index contributed by atoms with van der Waals surface area (Å²) in [6, 6.07) is 4.64. The Labute approximate surface area is 115 Å². The number of carboxylic acids is 1. The Balaban J connectivity index is 2.87. The maximum atomic E-state index is 11.9. The largest absolute Gasteiger partial charge is 0.480 e. The van der Waals surface area contributed by atoms with Crippen molar-refractivity contribution in [3.8, 4) is 5.75 Å². The molecule has 0 saturated heterocycles. The van der Waals surface area contributed by atoms with Crippen molar-refractivity contribution >= 4 is 17.9 Å². The Bertz CT molecular complexity index is 527. The lowest BCUT2D eigenvalue weighted by Crippen LogP contribution is -2.42. The topological polar surface area (TPSA) is 116 Å². The predicted molar refractivity (Wildman–Crippen MR) is 68.2 cm³/mol. The first-order valence-corrected chi connectivity index (χ1v) is 5.79. The van der Waals surface area contributed by atoms with Gasteiger partial charge in [-0.05, 0) is 19.1 Å². The summed E-state index contributed by atoms with van der Waals surface area (Å²) in [5, 5.41) is 8.72. The zero-order valence-electron chi connectivity index (χ0n) is 11.0. The van der Waals surface area contributed by atoms with Crippen LogP contribution in [0.15, 0.2) is 24.3 Å². The van der Waals surface area contributed by atoms with Gasteiger partial charge in [0.15, 0.2) is 0 Å². The molecule has 0 bridgehead atoms. The van der Waals surface area contributed by atoms with Gasteiger partial charge in [0.25, 0.3) is 0 Å². The van der Waals surface area contributed by atoms with Crippen LogP contribution in [-0.4, -0.2) is 35.2 Å². The van der Waals surface area contributed by atoms with Crippen molar-refractivity contribution in [3.05, 3.63) is 29.8 Å². The van der Waals surface area contributed by atoms with Gasteiger partial charge in [0, 0.05) is 6.92 Å². The van der Waals surface area contributed by atoms with Gasteiger partial charge in [0.2, 0.25) is 0 Å². The summed E-state index contributed by atoms with van der Waals surface area (Å²) in [7, 11) is 0. The summed E-state index contributed by atoms with van der Waals surface area (Å²) < 4.78 is 9.81. The van der Waals surface area contributed by atoms with E-state index in [1.54, 1.807) is 12.1 Å². The van der Waals surface area contributed by atoms with Crippen molar-refractivity contribution in [2.45, 2.75) is 26.0 Å². The van der Waals surface area contributed by atoms with Crippen molar-refractivity contribution in [1.82, 2.24) is 0 Å². The standard InChI is InChI=1S/C13H15NO6/c1-7(11(14)12(16)17)19-13(18)9-5-3-4-6-10(9)20-8(2)15/h3-7,11H,14H2,1-2H3,(H,16,17). The molecule has 0 aromatic heterocycles. The third-order valence-electron chi connectivity index (χ3n) is 2.44. The zero-order chi connectivity index (χ0) is 15.3. The number of aliphatic carboxylic acids is 1. The minimum atomic E-state index is -1.33. The Morgan fingerprint density at radius 3 is 2.40 bits per heavy atom. The Hall–Kier alpha value is -2.41. The van der Waals surface area contributed by atoms with Crippen LogP contribution in [0.1, 0.15) is 24.2 Å². The molecule has 2 unspecified atom stereocenters. The molecule has 1 rings (SSSR count). The highest BCUT2D eigenvalue weighted by Gasteiger charge is 2.25. The summed E-state index contributed by atoms with van der Waals surface area (Å²) in [6.45, 7) is 2.57. The molecule has 3 N–H and O–H groups in total. The molecule has 20 heavy (non-hydrogen) atoms. The van der Waals surface area contributed by atoms with E-state index in [0.29, 0.717) is 0 Å². The van der Waals surface area contributed by atoms with Crippen LogP contribution in [0.4, 0.5) is 0 Å². The van der Waals surface area contributed by atoms with Gasteiger partial charge in [-0.3, -0.25) is 9.59 Å². The van der Waals surface area contributed by atoms with Crippen LogP contribution in [0.3, 0.4) is 0 Å². The van der Waals surface area contributed by atoms with E-state index in [1.807, 2.05) is 0 Å². The quantitative estimate of drug-likeness (QED) is 0.598. The molecule has 0 amide bonds. The first-order valence-electron chi connectivity index (χ1n) is 5.79. The van der Waals surface area contributed by atoms with Crippen LogP contribution >= 0.6 is 0 Å². The molecule has 0 fully saturated rings. The number of carboxylic acid groups (broad SMARTS) is 1. The van der Waals surface area contributed by atoms with Gasteiger partial charge in [-0.2, -0.15) is 0 Å². The SMILES string of the molecule is CC(=O)Oc1ccccc1C(=O)OC(C)C(N)C(=O)O. The number of carbonyl (C=O) groups is 3. The van der Waals surface area contributed by atoms with E-state index in [-0.39, 0.29) is 11.3 Å². The lowest BCUT2D eigenvalue weighted by atomic mass is 10.2. The number of ether oxygens (including phenoxy) is 2. The number of benzene rings is 1. The first-order chi connectivity index (χ1) is 9.32. The number of hydrogen-bond donors (Lipinski definition) is 2. The Morgan fingerprint density at radius 2 is 1.85 bits per heavy atom. The van der Waals surface area contributed by atoms with Crippen molar-refractivity contribution in [1.29, 1.82) is 0 Å². The molecule has 0 aliphatic carbocycles. The Morgan fingerprint density at radius 1 is 1.25 bits per heavy atom. The smallest absolute Gasteiger partial charge is 0.342 e. The highest BCUT2D eigenvalue weighted by Crippen LogP contribution is 2.20. The third kappa shape index (κ3) is 4.06. The number of nitrogens with two attached hydrogens (primary N) is 1. The summed E-state index contributed by atoms with van der Waals surface area (Å²) >= 11 is 0. The average Bonchev–Trinajstić information content (AvgIpc) is 2.37. The highest BCUT2D eigenvalue weighted by molar-refractivity contribution is 5.93. The molecule has 1 aromatic carbocycles. The molecule has 7 nitrogen and oxygen atoms in total. The predicted octanol–water partition coefficient (Wildman–Crippen LogP) is 0.569. The van der Waals surface area contributed by atoms with Crippen molar-refractivity contribution in [2.24, 2.45) is 5.73 Å². The molecule has 1 aromatic rings. The second-order valence-electron chi connectivity index (χ2n) is 4.06. The van der Waals surface area contributed by atoms with E-state index in [9.17, 15) is 14.4 Å². The van der Waals surface area contributed by atoms with E-state index in [1.165, 1.54) is 26.0 Å². The molecule has 0 aliphatic heterocycles. The summed E-state index contributed by atoms with van der Waals surface area (Å²) in [4.78, 5) is 33.5. The van der Waals surface area contributed by atoms with Crippen LogP contribution in [-0.2, 0) is 14.3 Å². The van der Waals surface area contributed by atoms with Gasteiger partial charge in [-0.15, -0.1) is 0 Å². The minimum absolute atomic E-state index is 0.0205. The molecule has 108 valence electrons. The van der Waals surface area contributed by atoms with Crippen molar-refractivity contribution in [3.63, 3.8) is 0 Å². The van der Waals surface area contributed by atoms with Crippen LogP contribution < -0.4 is 10.5 Å². The Kier molecular flexibility index (Phi) is 5.22. The number of esters is 2. The molecule has 0 heterocycles. The van der Waals surface area contributed by atoms with Gasteiger partial charge < -0.3 is 20.3 Å². The fourth-order valence-corrected chi connectivity index (χ4v) is 1.39. The highest BCUT2D eigenvalue weighted by atomic mass is 16.6. The molecule has 0 spiro atoms. The molecule has 2 atom stereocenters. The number of rotatable bonds is 5. The number of para-hydroxylation sites is 1. The van der Waals surface area contributed by atoms with E-state index >= 15 is 0 Å². The first kappa shape index (κ1) is 15.6. The van der Waals surface area contributed by atoms with E-state index in [0.717, 1.165) is 0 Å². The maximum Gasteiger partial charge on any atom is 0.342 e. The normalized spacial score (nSPS) is 13.2. The van der Waals surface area contributed by atoms with Crippen LogP contribution in [0.5, 0.6) is 5.75 Å². The zero-order valence-corrected chi connectivity index (χ0v) is 11.0. The summed E-state index contributed by atoms with van der Waals surface area (Å²) in [6.07, 6.45) is -1.02. The second-order valence-corrected chi connectivity index (χ2v) is 4.06. The van der Waals surface area contributed by atoms with Crippen LogP contribution in [0, 0.1) is 0 Å². The van der Waals surface area contributed by atoms with E-state index in [4.69, 9.17) is 20.3 Å². The van der Waals surface area contributed by atoms with Crippen LogP contribution in [0.2, 0.25) is 0 Å². The monoisotopic (exact) mass is 281 g/mol. The summed E-state index contributed by atoms with van der Waals surface area (Å²) in [5.74, 6) is -2.63. The molecule has 0 saturated carbocycles. The van der Waals surface area contributed by atoms with Crippen molar-refractivity contribution in [2.75, 3.05) is 0 Å². The third-order valence-corrected chi connectivity index (χ3v) is 2.44. The van der Waals surface area contributed by atoms with Gasteiger partial charge in [-0.1, -0.05) is 12.1 Å². The van der Waals surface area contributed by atoms with Gasteiger partial charge in [0.1, 0.15) is 23.5 Å². The number of hydrogen-bond acceptors (Lipinski definition) is 6. The molecule has 0 radical (unpaired) electrons. The molecule has 0 aliphatic rings. The fourth-order valence-electron chi connectivity index (χ4n) is 1.39. The van der Waals surface area contributed by atoms with E-state index < -0.39 is 30.1 Å². The van der Waals surface area contributed by atoms with E-state index in [2.05, 4.69) is 0 Å². The lowest BCUT2D eigenvalue weighted by Gasteiger charge is -2.17. The molecular weight excluding hydrogens is 266 g/mol. The maximum absolute atomic E-state index is 11.9. The molecule has 7 heteroatoms.